The Kier molecular flexibility index (Phi) is 5.19. The van der Waals surface area contributed by atoms with E-state index in [9.17, 15) is 13.2 Å². The summed E-state index contributed by atoms with van der Waals surface area (Å²) in [6, 6.07) is 3.18. The van der Waals surface area contributed by atoms with Crippen LogP contribution in [-0.2, 0) is 10.0 Å². The lowest BCUT2D eigenvalue weighted by Gasteiger charge is -2.30. The number of carbonyl (C=O) groups excluding carboxylic acids is 1. The van der Waals surface area contributed by atoms with Gasteiger partial charge in [-0.05, 0) is 25.0 Å². The van der Waals surface area contributed by atoms with E-state index >= 15 is 0 Å². The molecule has 1 aromatic heterocycles. The van der Waals surface area contributed by atoms with Crippen molar-refractivity contribution in [3.8, 4) is 0 Å². The number of urea groups is 1. The predicted molar refractivity (Wildman–Crippen MR) is 85.4 cm³/mol. The molecule has 0 saturated carbocycles. The van der Waals surface area contributed by atoms with Gasteiger partial charge in [0.1, 0.15) is 5.82 Å². The summed E-state index contributed by atoms with van der Waals surface area (Å²) in [7, 11) is -1.37. The normalized spacial score (nSPS) is 17.0. The second-order valence-corrected chi connectivity index (χ2v) is 7.20. The summed E-state index contributed by atoms with van der Waals surface area (Å²) in [5.41, 5.74) is 0.602. The molecule has 1 aliphatic heterocycles. The number of piperidine rings is 1. The van der Waals surface area contributed by atoms with Crippen LogP contribution in [0.15, 0.2) is 18.3 Å². The molecule has 1 aliphatic rings. The van der Waals surface area contributed by atoms with Crippen molar-refractivity contribution < 1.29 is 13.2 Å². The van der Waals surface area contributed by atoms with Gasteiger partial charge in [0, 0.05) is 26.2 Å². The Labute approximate surface area is 130 Å². The molecule has 2 amide bonds. The number of anilines is 2. The van der Waals surface area contributed by atoms with Gasteiger partial charge in [-0.2, -0.15) is 0 Å². The third-order valence-corrected chi connectivity index (χ3v) is 4.84. The SMILES string of the molecule is CNc1ccc(NC(=O)NC2CCN(S(C)(=O)=O)CC2)cn1. The zero-order valence-corrected chi connectivity index (χ0v) is 13.5. The Bertz CT molecular complexity index is 609. The molecule has 9 heteroatoms. The largest absolute Gasteiger partial charge is 0.373 e. The van der Waals surface area contributed by atoms with Crippen LogP contribution >= 0.6 is 0 Å². The van der Waals surface area contributed by atoms with Gasteiger partial charge < -0.3 is 16.0 Å². The molecule has 3 N–H and O–H groups in total. The maximum absolute atomic E-state index is 11.9. The Balaban J connectivity index is 1.80. The molecule has 0 aromatic carbocycles. The Morgan fingerprint density at radius 2 is 2.00 bits per heavy atom. The maximum Gasteiger partial charge on any atom is 0.319 e. The lowest BCUT2D eigenvalue weighted by atomic mass is 10.1. The van der Waals surface area contributed by atoms with Crippen LogP contribution in [0.25, 0.3) is 0 Å². The number of hydrogen-bond donors (Lipinski definition) is 3. The number of rotatable bonds is 4. The molecular formula is C13H21N5O3S. The lowest BCUT2D eigenvalue weighted by Crippen LogP contribution is -2.47. The van der Waals surface area contributed by atoms with E-state index in [1.165, 1.54) is 10.6 Å². The molecule has 2 rings (SSSR count). The third kappa shape index (κ3) is 4.57. The van der Waals surface area contributed by atoms with Crippen molar-refractivity contribution in [3.05, 3.63) is 18.3 Å². The highest BCUT2D eigenvalue weighted by atomic mass is 32.2. The predicted octanol–water partition coefficient (Wildman–Crippen LogP) is 0.669. The minimum atomic E-state index is -3.14. The topological polar surface area (TPSA) is 103 Å². The molecule has 0 aliphatic carbocycles. The molecule has 2 heterocycles. The van der Waals surface area contributed by atoms with Crippen molar-refractivity contribution in [2.24, 2.45) is 0 Å². The smallest absolute Gasteiger partial charge is 0.319 e. The molecule has 1 aromatic rings. The highest BCUT2D eigenvalue weighted by Gasteiger charge is 2.25. The zero-order valence-electron chi connectivity index (χ0n) is 12.7. The van der Waals surface area contributed by atoms with Crippen LogP contribution in [0.3, 0.4) is 0 Å². The molecule has 1 fully saturated rings. The zero-order chi connectivity index (χ0) is 16.2. The van der Waals surface area contributed by atoms with Crippen LogP contribution in [0.5, 0.6) is 0 Å². The maximum atomic E-state index is 11.9. The van der Waals surface area contributed by atoms with Crippen LogP contribution < -0.4 is 16.0 Å². The van der Waals surface area contributed by atoms with E-state index in [2.05, 4.69) is 20.9 Å². The van der Waals surface area contributed by atoms with E-state index in [1.807, 2.05) is 0 Å². The van der Waals surface area contributed by atoms with Gasteiger partial charge in [-0.15, -0.1) is 0 Å². The van der Waals surface area contributed by atoms with Crippen LogP contribution in [0.4, 0.5) is 16.3 Å². The summed E-state index contributed by atoms with van der Waals surface area (Å²) in [6.07, 6.45) is 3.99. The molecule has 22 heavy (non-hydrogen) atoms. The number of pyridine rings is 1. The van der Waals surface area contributed by atoms with E-state index in [0.29, 0.717) is 31.6 Å². The Morgan fingerprint density at radius 1 is 1.32 bits per heavy atom. The first-order valence-corrected chi connectivity index (χ1v) is 8.90. The summed E-state index contributed by atoms with van der Waals surface area (Å²) in [4.78, 5) is 16.0. The molecule has 0 radical (unpaired) electrons. The number of amides is 2. The summed E-state index contributed by atoms with van der Waals surface area (Å²) in [6.45, 7) is 0.865. The first-order valence-electron chi connectivity index (χ1n) is 7.05. The second kappa shape index (κ2) is 6.93. The van der Waals surface area contributed by atoms with Crippen LogP contribution in [0, 0.1) is 0 Å². The van der Waals surface area contributed by atoms with E-state index in [0.717, 1.165) is 5.82 Å². The van der Waals surface area contributed by atoms with E-state index in [4.69, 9.17) is 0 Å². The average Bonchev–Trinajstić information content (AvgIpc) is 2.47. The van der Waals surface area contributed by atoms with Gasteiger partial charge in [0.15, 0.2) is 0 Å². The first kappa shape index (κ1) is 16.5. The number of nitrogens with one attached hydrogen (secondary N) is 3. The van der Waals surface area contributed by atoms with E-state index < -0.39 is 10.0 Å². The van der Waals surface area contributed by atoms with Gasteiger partial charge >= 0.3 is 6.03 Å². The molecule has 0 bridgehead atoms. The highest BCUT2D eigenvalue weighted by Crippen LogP contribution is 2.14. The monoisotopic (exact) mass is 327 g/mol. The quantitative estimate of drug-likeness (QED) is 0.754. The molecule has 8 nitrogen and oxygen atoms in total. The lowest BCUT2D eigenvalue weighted by molar-refractivity contribution is 0.238. The average molecular weight is 327 g/mol. The third-order valence-electron chi connectivity index (χ3n) is 3.54. The molecule has 1 saturated heterocycles. The van der Waals surface area contributed by atoms with Gasteiger partial charge in [-0.1, -0.05) is 0 Å². The summed E-state index contributed by atoms with van der Waals surface area (Å²) < 4.78 is 24.3. The van der Waals surface area contributed by atoms with Gasteiger partial charge in [0.05, 0.1) is 18.1 Å². The Hall–Kier alpha value is -1.87. The van der Waals surface area contributed by atoms with Gasteiger partial charge in [-0.3, -0.25) is 0 Å². The fraction of sp³-hybridized carbons (Fsp3) is 0.538. The summed E-state index contributed by atoms with van der Waals surface area (Å²) in [5.74, 6) is 0.721. The number of nitrogens with zero attached hydrogens (tertiary/aromatic N) is 2. The fourth-order valence-electron chi connectivity index (χ4n) is 2.30. The van der Waals surface area contributed by atoms with Gasteiger partial charge in [-0.25, -0.2) is 22.5 Å². The highest BCUT2D eigenvalue weighted by molar-refractivity contribution is 7.88. The number of carbonyl (C=O) groups is 1. The van der Waals surface area contributed by atoms with Crippen LogP contribution in [0.1, 0.15) is 12.8 Å². The minimum absolute atomic E-state index is 0.0254. The summed E-state index contributed by atoms with van der Waals surface area (Å²) >= 11 is 0. The van der Waals surface area contributed by atoms with Crippen molar-refractivity contribution in [1.82, 2.24) is 14.6 Å². The summed E-state index contributed by atoms with van der Waals surface area (Å²) in [5, 5.41) is 8.46. The second-order valence-electron chi connectivity index (χ2n) is 5.22. The number of hydrogen-bond acceptors (Lipinski definition) is 5. The Morgan fingerprint density at radius 3 is 2.50 bits per heavy atom. The van der Waals surface area contributed by atoms with Crippen molar-refractivity contribution in [2.45, 2.75) is 18.9 Å². The van der Waals surface area contributed by atoms with Crippen LogP contribution in [0.2, 0.25) is 0 Å². The fourth-order valence-corrected chi connectivity index (χ4v) is 3.17. The van der Waals surface area contributed by atoms with Crippen molar-refractivity contribution >= 4 is 27.6 Å². The van der Waals surface area contributed by atoms with Crippen molar-refractivity contribution in [1.29, 1.82) is 0 Å². The number of aromatic nitrogens is 1. The molecule has 0 spiro atoms. The van der Waals surface area contributed by atoms with E-state index in [-0.39, 0.29) is 12.1 Å². The van der Waals surface area contributed by atoms with Crippen molar-refractivity contribution in [3.63, 3.8) is 0 Å². The molecule has 122 valence electrons. The molecule has 0 unspecified atom stereocenters. The van der Waals surface area contributed by atoms with Gasteiger partial charge in [0.2, 0.25) is 10.0 Å². The van der Waals surface area contributed by atoms with Crippen molar-refractivity contribution in [2.75, 3.05) is 37.0 Å². The minimum Gasteiger partial charge on any atom is -0.373 e. The van der Waals surface area contributed by atoms with E-state index in [1.54, 1.807) is 25.4 Å². The standard InChI is InChI=1S/C13H21N5O3S/c1-14-12-4-3-11(9-15-12)17-13(19)16-10-5-7-18(8-6-10)22(2,20)21/h3-4,9-10H,5-8H2,1-2H3,(H,14,15)(H2,16,17,19). The molecule has 0 atom stereocenters. The van der Waals surface area contributed by atoms with Gasteiger partial charge in [0.25, 0.3) is 0 Å². The first-order chi connectivity index (χ1) is 10.4. The molecular weight excluding hydrogens is 306 g/mol. The van der Waals surface area contributed by atoms with Crippen LogP contribution in [-0.4, -0.2) is 56.2 Å². The number of sulfonamides is 1.